The summed E-state index contributed by atoms with van der Waals surface area (Å²) in [6.45, 7) is 9.52. The zero-order valence-corrected chi connectivity index (χ0v) is 11.3. The van der Waals surface area contributed by atoms with Gasteiger partial charge in [0, 0.05) is 5.25 Å². The van der Waals surface area contributed by atoms with Crippen molar-refractivity contribution in [2.75, 3.05) is 0 Å². The molecule has 0 N–H and O–H groups in total. The molecule has 1 aliphatic carbocycles. The van der Waals surface area contributed by atoms with Crippen LogP contribution in [0.15, 0.2) is 0 Å². The van der Waals surface area contributed by atoms with Crippen molar-refractivity contribution in [2.45, 2.75) is 58.0 Å². The average molecular weight is 212 g/mol. The molecule has 0 aromatic heterocycles. The maximum absolute atomic E-state index is 4.87. The largest absolute Gasteiger partial charge is 0.175 e. The topological polar surface area (TPSA) is 0 Å². The SMILES string of the molecule is BC1C(C)CC(C)(CCC)C(S)C1C. The molecule has 0 radical (unpaired) electrons. The van der Waals surface area contributed by atoms with Crippen LogP contribution in [0.3, 0.4) is 0 Å². The molecule has 0 aliphatic heterocycles. The Morgan fingerprint density at radius 2 is 2.00 bits per heavy atom. The molecule has 1 fully saturated rings. The lowest BCUT2D eigenvalue weighted by Gasteiger charge is -2.49. The smallest absolute Gasteiger partial charge is 0.106 e. The summed E-state index contributed by atoms with van der Waals surface area (Å²) in [6, 6.07) is 0. The Labute approximate surface area is 96.1 Å². The van der Waals surface area contributed by atoms with E-state index in [9.17, 15) is 0 Å². The lowest BCUT2D eigenvalue weighted by molar-refractivity contribution is 0.125. The normalized spacial score (nSPS) is 49.2. The first-order valence-corrected chi connectivity index (χ1v) is 6.62. The van der Waals surface area contributed by atoms with Crippen molar-refractivity contribution < 1.29 is 0 Å². The van der Waals surface area contributed by atoms with E-state index < -0.39 is 0 Å². The highest BCUT2D eigenvalue weighted by molar-refractivity contribution is 7.81. The molecule has 1 aliphatic rings. The fourth-order valence-electron chi connectivity index (χ4n) is 3.30. The molecular weight excluding hydrogens is 187 g/mol. The van der Waals surface area contributed by atoms with Gasteiger partial charge >= 0.3 is 0 Å². The van der Waals surface area contributed by atoms with Gasteiger partial charge in [0.25, 0.3) is 0 Å². The molecule has 5 unspecified atom stereocenters. The second kappa shape index (κ2) is 4.51. The minimum atomic E-state index is 0.475. The summed E-state index contributed by atoms with van der Waals surface area (Å²) in [5, 5.41) is 0.591. The average Bonchev–Trinajstić information content (AvgIpc) is 2.12. The molecule has 14 heavy (non-hydrogen) atoms. The van der Waals surface area contributed by atoms with Crippen molar-refractivity contribution in [3.63, 3.8) is 0 Å². The van der Waals surface area contributed by atoms with Crippen molar-refractivity contribution in [1.29, 1.82) is 0 Å². The molecule has 0 aromatic rings. The highest BCUT2D eigenvalue weighted by Gasteiger charge is 2.43. The van der Waals surface area contributed by atoms with E-state index in [1.165, 1.54) is 19.3 Å². The quantitative estimate of drug-likeness (QED) is 0.527. The van der Waals surface area contributed by atoms with Crippen LogP contribution in [0.25, 0.3) is 0 Å². The molecule has 1 rings (SSSR count). The molecular formula is C12H25BS. The summed E-state index contributed by atoms with van der Waals surface area (Å²) < 4.78 is 0. The Balaban J connectivity index is 2.79. The third-order valence-corrected chi connectivity index (χ3v) is 5.64. The molecule has 2 heteroatoms. The second-order valence-corrected chi connectivity index (χ2v) is 6.30. The van der Waals surface area contributed by atoms with Crippen molar-refractivity contribution in [1.82, 2.24) is 0 Å². The molecule has 0 bridgehead atoms. The predicted octanol–water partition coefficient (Wildman–Crippen LogP) is 3.19. The molecule has 0 saturated heterocycles. The summed E-state index contributed by atoms with van der Waals surface area (Å²) in [7, 11) is 2.39. The first-order chi connectivity index (χ1) is 6.42. The van der Waals surface area contributed by atoms with E-state index in [2.05, 4.69) is 35.5 Å². The Bertz CT molecular complexity index is 195. The number of thiol groups is 1. The Morgan fingerprint density at radius 1 is 1.43 bits per heavy atom. The van der Waals surface area contributed by atoms with Gasteiger partial charge in [-0.1, -0.05) is 39.9 Å². The molecule has 0 heterocycles. The highest BCUT2D eigenvalue weighted by Crippen LogP contribution is 2.51. The molecule has 0 aromatic carbocycles. The lowest BCUT2D eigenvalue weighted by Crippen LogP contribution is -2.43. The van der Waals surface area contributed by atoms with Gasteiger partial charge in [0.05, 0.1) is 0 Å². The Hall–Kier alpha value is 0.415. The van der Waals surface area contributed by atoms with Crippen molar-refractivity contribution >= 4 is 20.5 Å². The van der Waals surface area contributed by atoms with Gasteiger partial charge in [-0.25, -0.2) is 0 Å². The van der Waals surface area contributed by atoms with Crippen LogP contribution in [0.4, 0.5) is 0 Å². The number of hydrogen-bond donors (Lipinski definition) is 1. The van der Waals surface area contributed by atoms with Crippen molar-refractivity contribution in [2.24, 2.45) is 17.3 Å². The van der Waals surface area contributed by atoms with Gasteiger partial charge < -0.3 is 0 Å². The van der Waals surface area contributed by atoms with E-state index in [1.807, 2.05) is 0 Å². The fraction of sp³-hybridized carbons (Fsp3) is 1.00. The molecule has 1 saturated carbocycles. The summed E-state index contributed by atoms with van der Waals surface area (Å²) in [5.74, 6) is 2.46. The van der Waals surface area contributed by atoms with Crippen LogP contribution in [0, 0.1) is 17.3 Å². The van der Waals surface area contributed by atoms with Gasteiger partial charge in [0.15, 0.2) is 0 Å². The maximum Gasteiger partial charge on any atom is 0.106 e. The first-order valence-electron chi connectivity index (χ1n) is 6.10. The van der Waals surface area contributed by atoms with E-state index in [4.69, 9.17) is 12.6 Å². The van der Waals surface area contributed by atoms with Crippen LogP contribution in [0.1, 0.15) is 47.0 Å². The maximum atomic E-state index is 4.87. The van der Waals surface area contributed by atoms with Crippen LogP contribution in [-0.4, -0.2) is 13.1 Å². The molecule has 5 atom stereocenters. The van der Waals surface area contributed by atoms with Gasteiger partial charge in [0.2, 0.25) is 0 Å². The Kier molecular flexibility index (Phi) is 4.02. The number of rotatable bonds is 2. The summed E-state index contributed by atoms with van der Waals surface area (Å²) in [4.78, 5) is 0. The lowest BCUT2D eigenvalue weighted by atomic mass is 9.55. The standard InChI is InChI=1S/C12H25BS/c1-5-6-12(4)7-8(2)10(13)9(3)11(12)14/h8-11,14H,5-7,13H2,1-4H3. The van der Waals surface area contributed by atoms with Crippen LogP contribution < -0.4 is 0 Å². The molecule has 0 spiro atoms. The van der Waals surface area contributed by atoms with E-state index in [-0.39, 0.29) is 0 Å². The zero-order chi connectivity index (χ0) is 10.9. The first kappa shape index (κ1) is 12.5. The van der Waals surface area contributed by atoms with E-state index in [1.54, 1.807) is 0 Å². The van der Waals surface area contributed by atoms with Crippen LogP contribution in [0.2, 0.25) is 5.82 Å². The van der Waals surface area contributed by atoms with Gasteiger partial charge in [-0.15, -0.1) is 0 Å². The minimum Gasteiger partial charge on any atom is -0.175 e. The second-order valence-electron chi connectivity index (χ2n) is 5.75. The van der Waals surface area contributed by atoms with Crippen LogP contribution >= 0.6 is 12.6 Å². The third-order valence-electron chi connectivity index (χ3n) is 4.55. The third kappa shape index (κ3) is 2.15. The fourth-order valence-corrected chi connectivity index (χ4v) is 3.81. The van der Waals surface area contributed by atoms with Crippen LogP contribution in [0.5, 0.6) is 0 Å². The summed E-state index contributed by atoms with van der Waals surface area (Å²) in [5.41, 5.74) is 0.475. The predicted molar refractivity (Wildman–Crippen MR) is 71.0 cm³/mol. The highest BCUT2D eigenvalue weighted by atomic mass is 32.1. The minimum absolute atomic E-state index is 0.475. The Morgan fingerprint density at radius 3 is 2.50 bits per heavy atom. The number of hydrogen-bond acceptors (Lipinski definition) is 1. The van der Waals surface area contributed by atoms with Crippen molar-refractivity contribution in [3.05, 3.63) is 0 Å². The van der Waals surface area contributed by atoms with E-state index in [0.717, 1.165) is 17.7 Å². The van der Waals surface area contributed by atoms with E-state index in [0.29, 0.717) is 10.7 Å². The van der Waals surface area contributed by atoms with Gasteiger partial charge in [-0.05, 0) is 30.1 Å². The van der Waals surface area contributed by atoms with Gasteiger partial charge in [-0.3, -0.25) is 0 Å². The van der Waals surface area contributed by atoms with Crippen molar-refractivity contribution in [3.8, 4) is 0 Å². The summed E-state index contributed by atoms with van der Waals surface area (Å²) in [6.07, 6.45) is 3.99. The molecule has 0 amide bonds. The molecule has 82 valence electrons. The zero-order valence-electron chi connectivity index (χ0n) is 10.4. The summed E-state index contributed by atoms with van der Waals surface area (Å²) >= 11 is 4.87. The van der Waals surface area contributed by atoms with Crippen LogP contribution in [-0.2, 0) is 0 Å². The van der Waals surface area contributed by atoms with Gasteiger partial charge in [-0.2, -0.15) is 12.6 Å². The monoisotopic (exact) mass is 212 g/mol. The van der Waals surface area contributed by atoms with Gasteiger partial charge in [0.1, 0.15) is 7.85 Å². The molecule has 0 nitrogen and oxygen atoms in total. The van der Waals surface area contributed by atoms with E-state index >= 15 is 0 Å².